The average molecular weight is 297 g/mol. The first-order chi connectivity index (χ1) is 11.3. The van der Waals surface area contributed by atoms with Gasteiger partial charge in [0, 0.05) is 16.3 Å². The Morgan fingerprint density at radius 2 is 1.35 bits per heavy atom. The summed E-state index contributed by atoms with van der Waals surface area (Å²) in [5, 5.41) is 3.04. The van der Waals surface area contributed by atoms with Crippen LogP contribution in [-0.2, 0) is 0 Å². The van der Waals surface area contributed by atoms with E-state index in [0.29, 0.717) is 11.3 Å². The minimum absolute atomic E-state index is 0.0231. The first-order valence-corrected chi connectivity index (χ1v) is 7.63. The van der Waals surface area contributed by atoms with E-state index in [1.54, 1.807) is 0 Å². The third-order valence-corrected chi connectivity index (χ3v) is 4.21. The topological polar surface area (TPSA) is 30.0 Å². The molecule has 0 N–H and O–H groups in total. The van der Waals surface area contributed by atoms with E-state index in [1.165, 1.54) is 0 Å². The van der Waals surface area contributed by atoms with Crippen LogP contribution >= 0.6 is 0 Å². The van der Waals surface area contributed by atoms with Crippen LogP contribution < -0.4 is 0 Å². The van der Waals surface area contributed by atoms with Crippen molar-refractivity contribution in [2.75, 3.05) is 0 Å². The zero-order valence-electron chi connectivity index (χ0n) is 12.8. The maximum atomic E-state index is 13.1. The zero-order chi connectivity index (χ0) is 15.8. The number of benzene rings is 3. The van der Waals surface area contributed by atoms with Crippen LogP contribution in [0.2, 0.25) is 0 Å². The quantitative estimate of drug-likeness (QED) is 0.388. The third kappa shape index (κ3) is 2.20. The van der Waals surface area contributed by atoms with Crippen molar-refractivity contribution < 1.29 is 4.79 Å². The van der Waals surface area contributed by atoms with E-state index in [1.807, 2.05) is 79.7 Å². The van der Waals surface area contributed by atoms with Crippen LogP contribution in [0.25, 0.3) is 21.7 Å². The summed E-state index contributed by atoms with van der Waals surface area (Å²) in [5.74, 6) is -0.0231. The molecule has 0 aliphatic carbocycles. The SMILES string of the molecule is Cc1ccccc1C(=O)c1nc2ccccc2c2ccccc12. The van der Waals surface area contributed by atoms with Gasteiger partial charge in [0.25, 0.3) is 0 Å². The van der Waals surface area contributed by atoms with Crippen LogP contribution in [0.15, 0.2) is 72.8 Å². The molecule has 4 rings (SSSR count). The summed E-state index contributed by atoms with van der Waals surface area (Å²) in [6, 6.07) is 23.6. The predicted octanol–water partition coefficient (Wildman–Crippen LogP) is 4.93. The Hall–Kier alpha value is -3.00. The fourth-order valence-electron chi connectivity index (χ4n) is 3.03. The van der Waals surface area contributed by atoms with Crippen LogP contribution in [0.1, 0.15) is 21.6 Å². The highest BCUT2D eigenvalue weighted by molar-refractivity contribution is 6.20. The number of rotatable bonds is 2. The number of hydrogen-bond acceptors (Lipinski definition) is 2. The highest BCUT2D eigenvalue weighted by Gasteiger charge is 2.17. The van der Waals surface area contributed by atoms with Crippen LogP contribution in [0.5, 0.6) is 0 Å². The molecule has 1 aromatic heterocycles. The third-order valence-electron chi connectivity index (χ3n) is 4.21. The predicted molar refractivity (Wildman–Crippen MR) is 93.9 cm³/mol. The summed E-state index contributed by atoms with van der Waals surface area (Å²) in [5.41, 5.74) is 3.05. The fourth-order valence-corrected chi connectivity index (χ4v) is 3.03. The molecule has 0 fully saturated rings. The second-order valence-electron chi connectivity index (χ2n) is 5.67. The number of para-hydroxylation sites is 1. The Balaban J connectivity index is 2.06. The van der Waals surface area contributed by atoms with Gasteiger partial charge in [0.2, 0.25) is 5.78 Å². The summed E-state index contributed by atoms with van der Waals surface area (Å²) in [6.07, 6.45) is 0. The van der Waals surface area contributed by atoms with Crippen LogP contribution in [0, 0.1) is 6.92 Å². The molecule has 110 valence electrons. The number of nitrogens with zero attached hydrogens (tertiary/aromatic N) is 1. The van der Waals surface area contributed by atoms with Crippen LogP contribution in [0.4, 0.5) is 0 Å². The number of pyridine rings is 1. The molecule has 0 aliphatic heterocycles. The van der Waals surface area contributed by atoms with Crippen molar-refractivity contribution in [1.82, 2.24) is 4.98 Å². The fraction of sp³-hybridized carbons (Fsp3) is 0.0476. The molecule has 0 spiro atoms. The largest absolute Gasteiger partial charge is 0.287 e. The van der Waals surface area contributed by atoms with Crippen molar-refractivity contribution in [3.63, 3.8) is 0 Å². The number of aromatic nitrogens is 1. The molecule has 0 radical (unpaired) electrons. The van der Waals surface area contributed by atoms with Crippen molar-refractivity contribution in [2.24, 2.45) is 0 Å². The van der Waals surface area contributed by atoms with Gasteiger partial charge >= 0.3 is 0 Å². The van der Waals surface area contributed by atoms with Gasteiger partial charge in [-0.25, -0.2) is 4.98 Å². The lowest BCUT2D eigenvalue weighted by Crippen LogP contribution is -2.07. The van der Waals surface area contributed by atoms with Gasteiger partial charge in [-0.3, -0.25) is 4.79 Å². The zero-order valence-corrected chi connectivity index (χ0v) is 12.8. The highest BCUT2D eigenvalue weighted by atomic mass is 16.1. The summed E-state index contributed by atoms with van der Waals surface area (Å²) in [4.78, 5) is 17.7. The van der Waals surface area contributed by atoms with E-state index in [-0.39, 0.29) is 5.78 Å². The Bertz CT molecular complexity index is 1050. The molecule has 0 saturated heterocycles. The van der Waals surface area contributed by atoms with Crippen molar-refractivity contribution >= 4 is 27.5 Å². The molecule has 0 aliphatic rings. The molecule has 0 bridgehead atoms. The Morgan fingerprint density at radius 1 is 0.739 bits per heavy atom. The molecule has 4 aromatic rings. The number of aryl methyl sites for hydroxylation is 1. The van der Waals surface area contributed by atoms with E-state index in [2.05, 4.69) is 4.98 Å². The van der Waals surface area contributed by atoms with E-state index in [4.69, 9.17) is 0 Å². The van der Waals surface area contributed by atoms with Gasteiger partial charge in [0.15, 0.2) is 0 Å². The van der Waals surface area contributed by atoms with Gasteiger partial charge in [-0.1, -0.05) is 66.7 Å². The van der Waals surface area contributed by atoms with E-state index < -0.39 is 0 Å². The lowest BCUT2D eigenvalue weighted by atomic mass is 9.97. The van der Waals surface area contributed by atoms with Gasteiger partial charge in [-0.15, -0.1) is 0 Å². The molecule has 1 heterocycles. The summed E-state index contributed by atoms with van der Waals surface area (Å²) >= 11 is 0. The molecule has 3 aromatic carbocycles. The van der Waals surface area contributed by atoms with Crippen molar-refractivity contribution in [2.45, 2.75) is 6.92 Å². The summed E-state index contributed by atoms with van der Waals surface area (Å²) < 4.78 is 0. The molecule has 0 amide bonds. The van der Waals surface area contributed by atoms with Crippen molar-refractivity contribution in [1.29, 1.82) is 0 Å². The van der Waals surface area contributed by atoms with E-state index in [0.717, 1.165) is 27.2 Å². The smallest absolute Gasteiger partial charge is 0.212 e. The minimum Gasteiger partial charge on any atom is -0.287 e. The summed E-state index contributed by atoms with van der Waals surface area (Å²) in [6.45, 7) is 1.95. The second kappa shape index (κ2) is 5.33. The number of carbonyl (C=O) groups excluding carboxylic acids is 1. The van der Waals surface area contributed by atoms with Crippen LogP contribution in [-0.4, -0.2) is 10.8 Å². The highest BCUT2D eigenvalue weighted by Crippen LogP contribution is 2.28. The molecule has 23 heavy (non-hydrogen) atoms. The monoisotopic (exact) mass is 297 g/mol. The normalized spacial score (nSPS) is 11.0. The second-order valence-corrected chi connectivity index (χ2v) is 5.67. The van der Waals surface area contributed by atoms with Gasteiger partial charge in [-0.2, -0.15) is 0 Å². The van der Waals surface area contributed by atoms with Gasteiger partial charge < -0.3 is 0 Å². The number of fused-ring (bicyclic) bond motifs is 3. The molecular formula is C21H15NO. The van der Waals surface area contributed by atoms with Gasteiger partial charge in [-0.05, 0) is 23.9 Å². The van der Waals surface area contributed by atoms with Crippen LogP contribution in [0.3, 0.4) is 0 Å². The molecule has 2 heteroatoms. The number of carbonyl (C=O) groups is 1. The maximum Gasteiger partial charge on any atom is 0.212 e. The van der Waals surface area contributed by atoms with Crippen molar-refractivity contribution in [3.8, 4) is 0 Å². The molecular weight excluding hydrogens is 282 g/mol. The van der Waals surface area contributed by atoms with Crippen molar-refractivity contribution in [3.05, 3.63) is 89.6 Å². The van der Waals surface area contributed by atoms with E-state index >= 15 is 0 Å². The molecule has 0 atom stereocenters. The lowest BCUT2D eigenvalue weighted by Gasteiger charge is -2.10. The van der Waals surface area contributed by atoms with Gasteiger partial charge in [0.05, 0.1) is 5.52 Å². The minimum atomic E-state index is -0.0231. The van der Waals surface area contributed by atoms with E-state index in [9.17, 15) is 4.79 Å². The Kier molecular flexibility index (Phi) is 3.16. The maximum absolute atomic E-state index is 13.1. The summed E-state index contributed by atoms with van der Waals surface area (Å²) in [7, 11) is 0. The Labute approximate surface area is 134 Å². The lowest BCUT2D eigenvalue weighted by molar-refractivity contribution is 0.103. The standard InChI is InChI=1S/C21H15NO/c1-14-8-2-3-9-15(14)21(23)20-18-12-5-4-10-16(18)17-11-6-7-13-19(17)22-20/h2-13H,1H3. The molecule has 2 nitrogen and oxygen atoms in total. The number of hydrogen-bond donors (Lipinski definition) is 0. The Morgan fingerprint density at radius 3 is 2.13 bits per heavy atom. The van der Waals surface area contributed by atoms with Gasteiger partial charge in [0.1, 0.15) is 5.69 Å². The average Bonchev–Trinajstić information content (AvgIpc) is 2.61. The molecule has 0 unspecified atom stereocenters. The first-order valence-electron chi connectivity index (χ1n) is 7.63. The first kappa shape index (κ1) is 13.6. The number of ketones is 1. The molecule has 0 saturated carbocycles.